The Kier molecular flexibility index (Phi) is 3.18. The summed E-state index contributed by atoms with van der Waals surface area (Å²) in [4.78, 5) is 27.2. The Bertz CT molecular complexity index is 713. The van der Waals surface area contributed by atoms with Crippen molar-refractivity contribution in [3.05, 3.63) is 28.3 Å². The van der Waals surface area contributed by atoms with Gasteiger partial charge in [0.1, 0.15) is 11.6 Å². The van der Waals surface area contributed by atoms with E-state index >= 15 is 0 Å². The third-order valence-corrected chi connectivity index (χ3v) is 3.34. The Balaban J connectivity index is 1.99. The molecule has 1 atom stereocenters. The molecule has 2 aromatic rings. The van der Waals surface area contributed by atoms with Crippen molar-refractivity contribution in [1.82, 2.24) is 10.3 Å². The maximum Gasteiger partial charge on any atom is 0.327 e. The first-order chi connectivity index (χ1) is 10.1. The minimum absolute atomic E-state index is 0.0857. The minimum Gasteiger partial charge on any atom is -0.480 e. The average Bonchev–Trinajstić information content (AvgIpc) is 2.89. The van der Waals surface area contributed by atoms with E-state index < -0.39 is 16.9 Å². The third kappa shape index (κ3) is 2.38. The number of aromatic nitrogens is 1. The lowest BCUT2D eigenvalue weighted by atomic mass is 10.2. The quantitative estimate of drug-likeness (QED) is 0.623. The largest absolute Gasteiger partial charge is 0.480 e. The van der Waals surface area contributed by atoms with Crippen molar-refractivity contribution in [1.29, 1.82) is 0 Å². The molecule has 0 aliphatic carbocycles. The zero-order chi connectivity index (χ0) is 15.0. The Morgan fingerprint density at radius 3 is 3.10 bits per heavy atom. The van der Waals surface area contributed by atoms with Crippen LogP contribution in [0.2, 0.25) is 0 Å². The molecule has 2 heterocycles. The second-order valence-electron chi connectivity index (χ2n) is 4.66. The van der Waals surface area contributed by atoms with Gasteiger partial charge in [0.2, 0.25) is 0 Å². The van der Waals surface area contributed by atoms with Crippen LogP contribution in [0.25, 0.3) is 11.1 Å². The highest BCUT2D eigenvalue weighted by Crippen LogP contribution is 2.26. The molecule has 0 saturated carbocycles. The average molecular weight is 292 g/mol. The molecular formula is C12H12N4O5. The van der Waals surface area contributed by atoms with Crippen LogP contribution in [0.3, 0.4) is 0 Å². The molecule has 0 bridgehead atoms. The van der Waals surface area contributed by atoms with E-state index in [9.17, 15) is 20.0 Å². The van der Waals surface area contributed by atoms with E-state index in [0.29, 0.717) is 24.2 Å². The number of benzene rings is 1. The monoisotopic (exact) mass is 292 g/mol. The summed E-state index contributed by atoms with van der Waals surface area (Å²) in [5.41, 5.74) is 0.637. The summed E-state index contributed by atoms with van der Waals surface area (Å²) in [7, 11) is 0. The van der Waals surface area contributed by atoms with Crippen molar-refractivity contribution in [3.63, 3.8) is 0 Å². The molecule has 0 spiro atoms. The van der Waals surface area contributed by atoms with E-state index in [1.54, 1.807) is 4.90 Å². The normalized spacial score (nSPS) is 18.9. The number of carboxylic acid groups (broad SMARTS) is 1. The number of hydrogen-bond acceptors (Lipinski definition) is 7. The van der Waals surface area contributed by atoms with Crippen LogP contribution in [0.4, 0.5) is 11.7 Å². The summed E-state index contributed by atoms with van der Waals surface area (Å²) < 4.78 is 5.52. The van der Waals surface area contributed by atoms with Gasteiger partial charge in [0.05, 0.1) is 4.92 Å². The van der Waals surface area contributed by atoms with Gasteiger partial charge in [-0.3, -0.25) is 10.1 Å². The van der Waals surface area contributed by atoms with Crippen LogP contribution in [-0.2, 0) is 4.79 Å². The molecule has 0 amide bonds. The van der Waals surface area contributed by atoms with E-state index in [0.717, 1.165) is 0 Å². The fraction of sp³-hybridized carbons (Fsp3) is 0.333. The molecule has 110 valence electrons. The SMILES string of the molecule is O=C(O)[C@@H]1CNCCN1c1nc2cc([N+](=O)[O-])ccc2o1. The molecule has 3 rings (SSSR count). The van der Waals surface area contributed by atoms with Crippen LogP contribution in [0.5, 0.6) is 0 Å². The maximum absolute atomic E-state index is 11.3. The van der Waals surface area contributed by atoms with Crippen LogP contribution >= 0.6 is 0 Å². The van der Waals surface area contributed by atoms with Gasteiger partial charge in [-0.1, -0.05) is 0 Å². The second kappa shape index (κ2) is 5.02. The van der Waals surface area contributed by atoms with Gasteiger partial charge in [0.15, 0.2) is 5.58 Å². The number of piperazine rings is 1. The van der Waals surface area contributed by atoms with Gasteiger partial charge in [0, 0.05) is 31.8 Å². The first-order valence-electron chi connectivity index (χ1n) is 6.31. The van der Waals surface area contributed by atoms with Crippen molar-refractivity contribution in [2.45, 2.75) is 6.04 Å². The van der Waals surface area contributed by atoms with Gasteiger partial charge < -0.3 is 19.7 Å². The molecule has 9 nitrogen and oxygen atoms in total. The zero-order valence-electron chi connectivity index (χ0n) is 10.9. The van der Waals surface area contributed by atoms with E-state index in [-0.39, 0.29) is 18.2 Å². The van der Waals surface area contributed by atoms with Crippen molar-refractivity contribution in [2.75, 3.05) is 24.5 Å². The molecule has 9 heteroatoms. The Morgan fingerprint density at radius 2 is 2.38 bits per heavy atom. The number of carbonyl (C=O) groups is 1. The summed E-state index contributed by atoms with van der Waals surface area (Å²) in [5.74, 6) is -0.976. The highest BCUT2D eigenvalue weighted by molar-refractivity contribution is 5.80. The lowest BCUT2D eigenvalue weighted by Gasteiger charge is -2.31. The van der Waals surface area contributed by atoms with Crippen LogP contribution in [0.15, 0.2) is 22.6 Å². The number of non-ortho nitro benzene ring substituents is 1. The Morgan fingerprint density at radius 1 is 1.57 bits per heavy atom. The molecule has 1 fully saturated rings. The number of nitro benzene ring substituents is 1. The lowest BCUT2D eigenvalue weighted by Crippen LogP contribution is -2.55. The second-order valence-corrected chi connectivity index (χ2v) is 4.66. The predicted octanol–water partition coefficient (Wildman–Crippen LogP) is 0.599. The number of nitrogens with one attached hydrogen (secondary N) is 1. The van der Waals surface area contributed by atoms with E-state index in [4.69, 9.17) is 4.42 Å². The molecule has 1 saturated heterocycles. The Hall–Kier alpha value is -2.68. The predicted molar refractivity (Wildman–Crippen MR) is 72.3 cm³/mol. The number of nitrogens with zero attached hydrogens (tertiary/aromatic N) is 3. The Labute approximate surface area is 118 Å². The summed E-state index contributed by atoms with van der Waals surface area (Å²) in [5, 5.41) is 23.0. The number of hydrogen-bond donors (Lipinski definition) is 2. The van der Waals surface area contributed by atoms with Gasteiger partial charge in [0.25, 0.3) is 11.7 Å². The molecule has 1 aromatic heterocycles. The molecule has 0 radical (unpaired) electrons. The molecule has 1 aromatic carbocycles. The summed E-state index contributed by atoms with van der Waals surface area (Å²) >= 11 is 0. The maximum atomic E-state index is 11.3. The lowest BCUT2D eigenvalue weighted by molar-refractivity contribution is -0.384. The first kappa shape index (κ1) is 13.3. The number of fused-ring (bicyclic) bond motifs is 1. The van der Waals surface area contributed by atoms with Crippen molar-refractivity contribution >= 4 is 28.8 Å². The fourth-order valence-electron chi connectivity index (χ4n) is 2.29. The zero-order valence-corrected chi connectivity index (χ0v) is 10.9. The van der Waals surface area contributed by atoms with Crippen molar-refractivity contribution in [3.8, 4) is 0 Å². The van der Waals surface area contributed by atoms with Crippen LogP contribution in [0.1, 0.15) is 0 Å². The van der Waals surface area contributed by atoms with E-state index in [2.05, 4.69) is 10.3 Å². The van der Waals surface area contributed by atoms with Crippen LogP contribution < -0.4 is 10.2 Å². The number of rotatable bonds is 3. The summed E-state index contributed by atoms with van der Waals surface area (Å²) in [6, 6.07) is 3.48. The number of nitro groups is 1. The van der Waals surface area contributed by atoms with Gasteiger partial charge in [-0.2, -0.15) is 4.98 Å². The topological polar surface area (TPSA) is 122 Å². The van der Waals surface area contributed by atoms with Gasteiger partial charge in [-0.25, -0.2) is 4.79 Å². The van der Waals surface area contributed by atoms with Gasteiger partial charge >= 0.3 is 5.97 Å². The number of anilines is 1. The van der Waals surface area contributed by atoms with Crippen molar-refractivity contribution in [2.24, 2.45) is 0 Å². The van der Waals surface area contributed by atoms with Crippen molar-refractivity contribution < 1.29 is 19.2 Å². The van der Waals surface area contributed by atoms with Gasteiger partial charge in [-0.05, 0) is 6.07 Å². The molecule has 0 unspecified atom stereocenters. The van der Waals surface area contributed by atoms with Crippen LogP contribution in [-0.4, -0.2) is 46.7 Å². The smallest absolute Gasteiger partial charge is 0.327 e. The molecule has 1 aliphatic heterocycles. The molecular weight excluding hydrogens is 280 g/mol. The number of aliphatic carboxylic acids is 1. The van der Waals surface area contributed by atoms with E-state index in [1.807, 2.05) is 0 Å². The minimum atomic E-state index is -0.976. The number of carboxylic acids is 1. The van der Waals surface area contributed by atoms with Gasteiger partial charge in [-0.15, -0.1) is 0 Å². The van der Waals surface area contributed by atoms with E-state index in [1.165, 1.54) is 18.2 Å². The summed E-state index contributed by atoms with van der Waals surface area (Å²) in [6.45, 7) is 1.34. The molecule has 1 aliphatic rings. The highest BCUT2D eigenvalue weighted by atomic mass is 16.6. The molecule has 21 heavy (non-hydrogen) atoms. The van der Waals surface area contributed by atoms with Crippen LogP contribution in [0, 0.1) is 10.1 Å². The third-order valence-electron chi connectivity index (χ3n) is 3.34. The number of oxazole rings is 1. The highest BCUT2D eigenvalue weighted by Gasteiger charge is 2.31. The standard InChI is InChI=1S/C12H12N4O5/c17-11(18)9-6-13-3-4-15(9)12-14-8-5-7(16(19)20)1-2-10(8)21-12/h1-2,5,9,13H,3-4,6H2,(H,17,18)/t9-/m0/s1. The first-order valence-corrected chi connectivity index (χ1v) is 6.31. The fourth-order valence-corrected chi connectivity index (χ4v) is 2.29. The molecule has 2 N–H and O–H groups in total. The summed E-state index contributed by atoms with van der Waals surface area (Å²) in [6.07, 6.45) is 0.